The van der Waals surface area contributed by atoms with E-state index in [4.69, 9.17) is 28.4 Å². The molecule has 1 aliphatic heterocycles. The van der Waals surface area contributed by atoms with Crippen LogP contribution in [-0.4, -0.2) is 39.9 Å². The molecule has 140 valence electrons. The first-order valence-electron chi connectivity index (χ1n) is 8.26. The summed E-state index contributed by atoms with van der Waals surface area (Å²) in [5.41, 5.74) is 0.986. The van der Waals surface area contributed by atoms with Crippen LogP contribution in [0.15, 0.2) is 18.2 Å². The van der Waals surface area contributed by atoms with E-state index in [9.17, 15) is 4.79 Å². The number of ether oxygens (including phenoxy) is 6. The van der Waals surface area contributed by atoms with Crippen molar-refractivity contribution >= 4 is 16.7 Å². The third-order valence-corrected chi connectivity index (χ3v) is 3.88. The molecule has 0 radical (unpaired) electrons. The molecule has 7 heteroatoms. The highest BCUT2D eigenvalue weighted by molar-refractivity contribution is 6.04. The van der Waals surface area contributed by atoms with Crippen LogP contribution in [0, 0.1) is 0 Å². The van der Waals surface area contributed by atoms with Crippen molar-refractivity contribution in [2.75, 3.05) is 27.8 Å². The molecule has 7 nitrogen and oxygen atoms in total. The Morgan fingerprint density at radius 1 is 1.15 bits per heavy atom. The van der Waals surface area contributed by atoms with Crippen molar-refractivity contribution in [1.82, 2.24) is 0 Å². The standard InChI is InChI=1S/C19H22O7/c1-11(2)26-19(20)17-13(8-23-9-21-3)5-12-6-15-16(25-10-24-15)7-14(12)18(17)22-4/h5-7,11H,8-10H2,1-4H3. The zero-order valence-electron chi connectivity index (χ0n) is 15.3. The van der Waals surface area contributed by atoms with Crippen LogP contribution in [0.2, 0.25) is 0 Å². The molecule has 26 heavy (non-hydrogen) atoms. The van der Waals surface area contributed by atoms with Gasteiger partial charge in [0.05, 0.1) is 19.8 Å². The zero-order chi connectivity index (χ0) is 18.7. The van der Waals surface area contributed by atoms with Gasteiger partial charge in [0.25, 0.3) is 0 Å². The molecule has 0 aromatic heterocycles. The first kappa shape index (κ1) is 18.3. The van der Waals surface area contributed by atoms with Gasteiger partial charge in [-0.2, -0.15) is 0 Å². The van der Waals surface area contributed by atoms with Crippen molar-refractivity contribution in [1.29, 1.82) is 0 Å². The molecule has 2 aromatic carbocycles. The lowest BCUT2D eigenvalue weighted by atomic mass is 9.98. The van der Waals surface area contributed by atoms with Gasteiger partial charge in [-0.15, -0.1) is 0 Å². The van der Waals surface area contributed by atoms with E-state index in [1.807, 2.05) is 18.2 Å². The van der Waals surface area contributed by atoms with Crippen LogP contribution >= 0.6 is 0 Å². The van der Waals surface area contributed by atoms with Gasteiger partial charge < -0.3 is 28.4 Å². The number of fused-ring (bicyclic) bond motifs is 2. The predicted molar refractivity (Wildman–Crippen MR) is 93.8 cm³/mol. The molecule has 2 aromatic rings. The number of carbonyl (C=O) groups excluding carboxylic acids is 1. The van der Waals surface area contributed by atoms with Gasteiger partial charge >= 0.3 is 5.97 Å². The number of esters is 1. The van der Waals surface area contributed by atoms with Crippen molar-refractivity contribution in [3.05, 3.63) is 29.3 Å². The van der Waals surface area contributed by atoms with E-state index < -0.39 is 5.97 Å². The summed E-state index contributed by atoms with van der Waals surface area (Å²) in [6, 6.07) is 5.53. The Morgan fingerprint density at radius 2 is 1.88 bits per heavy atom. The molecule has 0 spiro atoms. The van der Waals surface area contributed by atoms with E-state index in [2.05, 4.69) is 0 Å². The van der Waals surface area contributed by atoms with Crippen LogP contribution in [-0.2, 0) is 20.8 Å². The van der Waals surface area contributed by atoms with Gasteiger partial charge in [-0.05, 0) is 43.0 Å². The van der Waals surface area contributed by atoms with Crippen LogP contribution in [0.4, 0.5) is 0 Å². The molecule has 0 unspecified atom stereocenters. The molecular formula is C19H22O7. The smallest absolute Gasteiger partial charge is 0.342 e. The molecule has 0 bridgehead atoms. The highest BCUT2D eigenvalue weighted by Gasteiger charge is 2.25. The summed E-state index contributed by atoms with van der Waals surface area (Å²) in [5.74, 6) is 1.22. The summed E-state index contributed by atoms with van der Waals surface area (Å²) in [4.78, 5) is 12.7. The molecule has 0 fully saturated rings. The third kappa shape index (κ3) is 3.54. The van der Waals surface area contributed by atoms with E-state index in [0.29, 0.717) is 28.4 Å². The molecular weight excluding hydrogens is 340 g/mol. The van der Waals surface area contributed by atoms with Crippen molar-refractivity contribution in [2.45, 2.75) is 26.6 Å². The highest BCUT2D eigenvalue weighted by atomic mass is 16.7. The minimum atomic E-state index is -0.465. The van der Waals surface area contributed by atoms with E-state index in [1.54, 1.807) is 13.8 Å². The first-order valence-corrected chi connectivity index (χ1v) is 8.26. The topological polar surface area (TPSA) is 72.5 Å². The second kappa shape index (κ2) is 7.80. The summed E-state index contributed by atoms with van der Waals surface area (Å²) in [6.45, 7) is 4.05. The van der Waals surface area contributed by atoms with Crippen LogP contribution in [0.3, 0.4) is 0 Å². The third-order valence-electron chi connectivity index (χ3n) is 3.88. The fourth-order valence-electron chi connectivity index (χ4n) is 2.87. The van der Waals surface area contributed by atoms with Gasteiger partial charge in [0.1, 0.15) is 18.1 Å². The average molecular weight is 362 g/mol. The summed E-state index contributed by atoms with van der Waals surface area (Å²) >= 11 is 0. The van der Waals surface area contributed by atoms with Gasteiger partial charge in [0.15, 0.2) is 11.5 Å². The molecule has 1 aliphatic rings. The maximum atomic E-state index is 12.7. The van der Waals surface area contributed by atoms with Crippen molar-refractivity contribution in [2.24, 2.45) is 0 Å². The van der Waals surface area contributed by atoms with Crippen molar-refractivity contribution in [3.63, 3.8) is 0 Å². The fourth-order valence-corrected chi connectivity index (χ4v) is 2.87. The summed E-state index contributed by atoms with van der Waals surface area (Å²) < 4.78 is 32.3. The Hall–Kier alpha value is -2.51. The Kier molecular flexibility index (Phi) is 5.49. The minimum absolute atomic E-state index is 0.111. The van der Waals surface area contributed by atoms with Crippen LogP contribution in [0.1, 0.15) is 29.8 Å². The van der Waals surface area contributed by atoms with E-state index >= 15 is 0 Å². The van der Waals surface area contributed by atoms with E-state index in [1.165, 1.54) is 14.2 Å². The SMILES string of the molecule is COCOCc1cc2cc3c(cc2c(OC)c1C(=O)OC(C)C)OCO3. The van der Waals surface area contributed by atoms with Crippen LogP contribution in [0.5, 0.6) is 17.2 Å². The Bertz CT molecular complexity index is 813. The van der Waals surface area contributed by atoms with Crippen LogP contribution in [0.25, 0.3) is 10.8 Å². The number of hydrogen-bond acceptors (Lipinski definition) is 7. The van der Waals surface area contributed by atoms with Gasteiger partial charge in [-0.3, -0.25) is 0 Å². The number of methoxy groups -OCH3 is 2. The van der Waals surface area contributed by atoms with Crippen molar-refractivity contribution in [3.8, 4) is 17.2 Å². The quantitative estimate of drug-likeness (QED) is 0.425. The van der Waals surface area contributed by atoms with Gasteiger partial charge in [-0.1, -0.05) is 0 Å². The van der Waals surface area contributed by atoms with Gasteiger partial charge in [-0.25, -0.2) is 4.79 Å². The largest absolute Gasteiger partial charge is 0.495 e. The Balaban J connectivity index is 2.16. The summed E-state index contributed by atoms with van der Waals surface area (Å²) in [6.07, 6.45) is -0.257. The number of rotatable bonds is 7. The Morgan fingerprint density at radius 3 is 2.54 bits per heavy atom. The maximum Gasteiger partial charge on any atom is 0.342 e. The first-order chi connectivity index (χ1) is 12.5. The molecule has 0 saturated heterocycles. The van der Waals surface area contributed by atoms with E-state index in [-0.39, 0.29) is 26.3 Å². The second-order valence-corrected chi connectivity index (χ2v) is 6.08. The summed E-state index contributed by atoms with van der Waals surface area (Å²) in [7, 11) is 3.06. The maximum absolute atomic E-state index is 12.7. The lowest BCUT2D eigenvalue weighted by Gasteiger charge is -2.18. The molecule has 0 amide bonds. The molecule has 0 atom stereocenters. The van der Waals surface area contributed by atoms with Gasteiger partial charge in [0.2, 0.25) is 6.79 Å². The minimum Gasteiger partial charge on any atom is -0.495 e. The molecule has 0 aliphatic carbocycles. The normalized spacial score (nSPS) is 12.7. The fraction of sp³-hybridized carbons (Fsp3) is 0.421. The van der Waals surface area contributed by atoms with E-state index in [0.717, 1.165) is 10.8 Å². The molecule has 0 N–H and O–H groups in total. The van der Waals surface area contributed by atoms with Gasteiger partial charge in [0, 0.05) is 12.5 Å². The second-order valence-electron chi connectivity index (χ2n) is 6.08. The number of benzene rings is 2. The molecule has 0 saturated carbocycles. The lowest BCUT2D eigenvalue weighted by Crippen LogP contribution is -2.16. The zero-order valence-corrected chi connectivity index (χ0v) is 15.3. The highest BCUT2D eigenvalue weighted by Crippen LogP contribution is 2.42. The molecule has 1 heterocycles. The number of carbonyl (C=O) groups is 1. The number of hydrogen-bond donors (Lipinski definition) is 0. The monoisotopic (exact) mass is 362 g/mol. The van der Waals surface area contributed by atoms with Crippen LogP contribution < -0.4 is 14.2 Å². The predicted octanol–water partition coefficient (Wildman–Crippen LogP) is 3.26. The summed E-state index contributed by atoms with van der Waals surface area (Å²) in [5, 5.41) is 1.59. The Labute approximate surface area is 151 Å². The lowest BCUT2D eigenvalue weighted by molar-refractivity contribution is -0.0394. The average Bonchev–Trinajstić information content (AvgIpc) is 3.05. The van der Waals surface area contributed by atoms with Crippen molar-refractivity contribution < 1.29 is 33.2 Å². The molecule has 3 rings (SSSR count).